The van der Waals surface area contributed by atoms with E-state index in [1.807, 2.05) is 0 Å². The van der Waals surface area contributed by atoms with Gasteiger partial charge in [-0.2, -0.15) is 0 Å². The zero-order valence-corrected chi connectivity index (χ0v) is 11.0. The molecule has 20 heavy (non-hydrogen) atoms. The fraction of sp³-hybridized carbons (Fsp3) is 0.636. The second kappa shape index (κ2) is 4.33. The van der Waals surface area contributed by atoms with Crippen molar-refractivity contribution < 1.29 is 34.1 Å². The standard InChI is InChI=1S/C11H14N2O7/c1-12-6(14)3-10(18,8(12)16)5-20-11(19)4-7(15)13(2)9(11)17/h18-19H,3-5H2,1-2H3/t10-,11-/m0/s1. The number of hydrogen-bond acceptors (Lipinski definition) is 7. The van der Waals surface area contributed by atoms with E-state index >= 15 is 0 Å². The zero-order chi connectivity index (χ0) is 15.3. The van der Waals surface area contributed by atoms with Gasteiger partial charge in [0.1, 0.15) is 0 Å². The minimum absolute atomic E-state index is 0.504. The van der Waals surface area contributed by atoms with Crippen LogP contribution in [0.3, 0.4) is 0 Å². The molecule has 110 valence electrons. The average molecular weight is 286 g/mol. The van der Waals surface area contributed by atoms with Gasteiger partial charge in [-0.05, 0) is 0 Å². The maximum atomic E-state index is 11.7. The molecule has 2 rings (SSSR count). The second-order valence-electron chi connectivity index (χ2n) is 4.97. The molecule has 2 aliphatic heterocycles. The summed E-state index contributed by atoms with van der Waals surface area (Å²) in [6.07, 6.45) is -1.10. The number of rotatable bonds is 3. The minimum atomic E-state index is -2.41. The molecule has 0 radical (unpaired) electrons. The van der Waals surface area contributed by atoms with E-state index in [0.717, 1.165) is 4.90 Å². The molecule has 2 aliphatic rings. The molecule has 0 spiro atoms. The molecule has 0 aromatic heterocycles. The first-order valence-electron chi connectivity index (χ1n) is 5.81. The summed E-state index contributed by atoms with van der Waals surface area (Å²) in [6, 6.07) is 0. The Hall–Kier alpha value is -1.84. The number of carbonyl (C=O) groups excluding carboxylic acids is 4. The molecule has 0 saturated carbocycles. The van der Waals surface area contributed by atoms with Gasteiger partial charge in [0, 0.05) is 14.1 Å². The molecule has 2 heterocycles. The predicted octanol–water partition coefficient (Wildman–Crippen LogP) is -2.80. The lowest BCUT2D eigenvalue weighted by Crippen LogP contribution is -2.49. The van der Waals surface area contributed by atoms with Gasteiger partial charge in [-0.3, -0.25) is 29.0 Å². The molecule has 2 saturated heterocycles. The summed E-state index contributed by atoms with van der Waals surface area (Å²) in [5.74, 6) is -5.51. The Kier molecular flexibility index (Phi) is 3.16. The van der Waals surface area contributed by atoms with E-state index in [4.69, 9.17) is 4.74 Å². The fourth-order valence-corrected chi connectivity index (χ4v) is 2.11. The number of aliphatic hydroxyl groups is 2. The second-order valence-corrected chi connectivity index (χ2v) is 4.97. The Labute approximate surface area is 113 Å². The zero-order valence-electron chi connectivity index (χ0n) is 11.0. The number of likely N-dealkylation sites (N-methyl/N-ethyl adjacent to an activating group) is 2. The molecule has 0 bridgehead atoms. The van der Waals surface area contributed by atoms with Crippen LogP contribution < -0.4 is 0 Å². The number of likely N-dealkylation sites (tertiary alicyclic amines) is 2. The van der Waals surface area contributed by atoms with Gasteiger partial charge in [-0.25, -0.2) is 0 Å². The van der Waals surface area contributed by atoms with Crippen LogP contribution in [0.2, 0.25) is 0 Å². The number of ether oxygens (including phenoxy) is 1. The van der Waals surface area contributed by atoms with Gasteiger partial charge < -0.3 is 14.9 Å². The lowest BCUT2D eigenvalue weighted by atomic mass is 10.0. The predicted molar refractivity (Wildman–Crippen MR) is 60.6 cm³/mol. The number of amides is 4. The van der Waals surface area contributed by atoms with Gasteiger partial charge in [-0.15, -0.1) is 0 Å². The molecule has 2 N–H and O–H groups in total. The normalized spacial score (nSPS) is 34.6. The minimum Gasteiger partial charge on any atom is -0.377 e. The smallest absolute Gasteiger partial charge is 0.289 e. The van der Waals surface area contributed by atoms with Crippen molar-refractivity contribution in [3.63, 3.8) is 0 Å². The van der Waals surface area contributed by atoms with Gasteiger partial charge in [0.15, 0.2) is 5.60 Å². The van der Waals surface area contributed by atoms with Crippen molar-refractivity contribution in [3.8, 4) is 0 Å². The molecule has 0 aromatic rings. The lowest BCUT2D eigenvalue weighted by Gasteiger charge is -2.25. The monoisotopic (exact) mass is 286 g/mol. The Morgan fingerprint density at radius 1 is 1.00 bits per heavy atom. The van der Waals surface area contributed by atoms with E-state index in [0.29, 0.717) is 4.90 Å². The highest BCUT2D eigenvalue weighted by Gasteiger charge is 2.55. The van der Waals surface area contributed by atoms with Crippen LogP contribution in [0.25, 0.3) is 0 Å². The quantitative estimate of drug-likeness (QED) is 0.424. The van der Waals surface area contributed by atoms with Crippen LogP contribution in [0, 0.1) is 0 Å². The van der Waals surface area contributed by atoms with E-state index in [-0.39, 0.29) is 0 Å². The highest BCUT2D eigenvalue weighted by molar-refractivity contribution is 6.08. The van der Waals surface area contributed by atoms with Crippen molar-refractivity contribution in [3.05, 3.63) is 0 Å². The van der Waals surface area contributed by atoms with Gasteiger partial charge in [0.05, 0.1) is 19.4 Å². The SMILES string of the molecule is CN1C(=O)C[C@](O)(CO[C@@]2(O)CC(=O)N(C)C2=O)C1=O. The molecular weight excluding hydrogens is 272 g/mol. The fourth-order valence-electron chi connectivity index (χ4n) is 2.11. The van der Waals surface area contributed by atoms with Crippen molar-refractivity contribution in [2.45, 2.75) is 24.2 Å². The van der Waals surface area contributed by atoms with Crippen LogP contribution in [0.15, 0.2) is 0 Å². The summed E-state index contributed by atoms with van der Waals surface area (Å²) in [5, 5.41) is 20.0. The van der Waals surface area contributed by atoms with E-state index in [9.17, 15) is 29.4 Å². The van der Waals surface area contributed by atoms with Crippen LogP contribution in [-0.2, 0) is 23.9 Å². The molecule has 9 nitrogen and oxygen atoms in total. The molecule has 0 aromatic carbocycles. The summed E-state index contributed by atoms with van der Waals surface area (Å²) in [5.41, 5.74) is -2.13. The van der Waals surface area contributed by atoms with Crippen molar-refractivity contribution in [2.75, 3.05) is 20.7 Å². The molecule has 4 amide bonds. The highest BCUT2D eigenvalue weighted by Crippen LogP contribution is 2.29. The maximum absolute atomic E-state index is 11.7. The van der Waals surface area contributed by atoms with Gasteiger partial charge in [0.2, 0.25) is 11.8 Å². The highest BCUT2D eigenvalue weighted by atomic mass is 16.6. The van der Waals surface area contributed by atoms with Crippen LogP contribution >= 0.6 is 0 Å². The number of nitrogens with zero attached hydrogens (tertiary/aromatic N) is 2. The van der Waals surface area contributed by atoms with E-state index in [1.165, 1.54) is 14.1 Å². The third kappa shape index (κ3) is 1.99. The number of hydrogen-bond donors (Lipinski definition) is 2. The number of imide groups is 2. The largest absolute Gasteiger partial charge is 0.377 e. The molecule has 2 atom stereocenters. The van der Waals surface area contributed by atoms with E-state index in [2.05, 4.69) is 0 Å². The van der Waals surface area contributed by atoms with Gasteiger partial charge >= 0.3 is 0 Å². The average Bonchev–Trinajstić information content (AvgIpc) is 2.70. The summed E-state index contributed by atoms with van der Waals surface area (Å²) < 4.78 is 4.89. The van der Waals surface area contributed by atoms with Crippen LogP contribution in [0.5, 0.6) is 0 Å². The summed E-state index contributed by atoms with van der Waals surface area (Å²) in [7, 11) is 2.38. The first-order chi connectivity index (χ1) is 9.11. The lowest BCUT2D eigenvalue weighted by molar-refractivity contribution is -0.219. The van der Waals surface area contributed by atoms with E-state index in [1.54, 1.807) is 0 Å². The van der Waals surface area contributed by atoms with Crippen molar-refractivity contribution >= 4 is 23.6 Å². The Morgan fingerprint density at radius 2 is 1.50 bits per heavy atom. The Bertz CT molecular complexity index is 473. The first-order valence-corrected chi connectivity index (χ1v) is 5.81. The molecule has 0 aliphatic carbocycles. The van der Waals surface area contributed by atoms with Gasteiger partial charge in [-0.1, -0.05) is 0 Å². The summed E-state index contributed by atoms with van der Waals surface area (Å²) >= 11 is 0. The van der Waals surface area contributed by atoms with Crippen LogP contribution in [0.4, 0.5) is 0 Å². The van der Waals surface area contributed by atoms with Crippen molar-refractivity contribution in [2.24, 2.45) is 0 Å². The van der Waals surface area contributed by atoms with Crippen molar-refractivity contribution in [1.82, 2.24) is 9.80 Å². The van der Waals surface area contributed by atoms with Crippen LogP contribution in [-0.4, -0.2) is 75.7 Å². The molecule has 0 unspecified atom stereocenters. The molecular formula is C11H14N2O7. The molecule has 2 fully saturated rings. The maximum Gasteiger partial charge on any atom is 0.289 e. The Balaban J connectivity index is 2.10. The third-order valence-corrected chi connectivity index (χ3v) is 3.47. The van der Waals surface area contributed by atoms with Crippen molar-refractivity contribution in [1.29, 1.82) is 0 Å². The molecule has 9 heteroatoms. The summed E-state index contributed by atoms with van der Waals surface area (Å²) in [4.78, 5) is 47.4. The third-order valence-electron chi connectivity index (χ3n) is 3.47. The van der Waals surface area contributed by atoms with E-state index < -0.39 is 54.5 Å². The Morgan fingerprint density at radius 3 is 1.90 bits per heavy atom. The topological polar surface area (TPSA) is 124 Å². The first kappa shape index (κ1) is 14.6. The van der Waals surface area contributed by atoms with Gasteiger partial charge in [0.25, 0.3) is 17.6 Å². The summed E-state index contributed by atoms with van der Waals surface area (Å²) in [6.45, 7) is -0.759. The number of carbonyl (C=O) groups is 4. The van der Waals surface area contributed by atoms with Crippen LogP contribution in [0.1, 0.15) is 12.8 Å².